The van der Waals surface area contributed by atoms with Crippen LogP contribution in [0.2, 0.25) is 5.02 Å². The van der Waals surface area contributed by atoms with Gasteiger partial charge in [0, 0.05) is 15.6 Å². The van der Waals surface area contributed by atoms with Crippen molar-refractivity contribution < 1.29 is 0 Å². The van der Waals surface area contributed by atoms with Crippen LogP contribution in [0.15, 0.2) is 23.4 Å². The minimum Gasteiger partial charge on any atom is -0.339 e. The zero-order valence-electron chi connectivity index (χ0n) is 13.6. The van der Waals surface area contributed by atoms with Crippen LogP contribution in [0.1, 0.15) is 28.8 Å². The number of aromatic nitrogens is 2. The van der Waals surface area contributed by atoms with E-state index in [-0.39, 0.29) is 0 Å². The molecular weight excluding hydrogens is 358 g/mol. The quantitative estimate of drug-likeness (QED) is 0.450. The van der Waals surface area contributed by atoms with Gasteiger partial charge in [-0.1, -0.05) is 29.4 Å². The molecule has 0 aliphatic heterocycles. The van der Waals surface area contributed by atoms with E-state index >= 15 is 0 Å². The Morgan fingerprint density at radius 2 is 2.04 bits per heavy atom. The van der Waals surface area contributed by atoms with Crippen LogP contribution in [-0.2, 0) is 12.8 Å². The molecule has 0 atom stereocenters. The highest BCUT2D eigenvalue weighted by molar-refractivity contribution is 7.98. The molecule has 4 rings (SSSR count). The van der Waals surface area contributed by atoms with E-state index in [2.05, 4.69) is 12.2 Å². The van der Waals surface area contributed by atoms with Gasteiger partial charge in [-0.25, -0.2) is 9.97 Å². The van der Waals surface area contributed by atoms with Gasteiger partial charge in [-0.15, -0.1) is 11.3 Å². The number of rotatable bonds is 3. The van der Waals surface area contributed by atoms with Gasteiger partial charge in [0.15, 0.2) is 5.16 Å². The monoisotopic (exact) mass is 375 g/mol. The van der Waals surface area contributed by atoms with E-state index in [0.717, 1.165) is 38.5 Å². The zero-order valence-corrected chi connectivity index (χ0v) is 16.0. The predicted molar refractivity (Wildman–Crippen MR) is 105 cm³/mol. The summed E-state index contributed by atoms with van der Waals surface area (Å²) in [5.41, 5.74) is 3.60. The van der Waals surface area contributed by atoms with Gasteiger partial charge in [-0.2, -0.15) is 0 Å². The van der Waals surface area contributed by atoms with Gasteiger partial charge in [-0.3, -0.25) is 0 Å². The highest BCUT2D eigenvalue weighted by Gasteiger charge is 2.21. The first-order valence-corrected chi connectivity index (χ1v) is 10.5. The molecule has 2 heterocycles. The van der Waals surface area contributed by atoms with Crippen LogP contribution < -0.4 is 5.32 Å². The first kappa shape index (κ1) is 16.2. The number of anilines is 2. The number of fused-ring (bicyclic) bond motifs is 3. The Labute approximate surface area is 154 Å². The lowest BCUT2D eigenvalue weighted by Gasteiger charge is -2.14. The molecule has 0 unspecified atom stereocenters. The second kappa shape index (κ2) is 6.54. The van der Waals surface area contributed by atoms with Crippen molar-refractivity contribution in [2.45, 2.75) is 37.8 Å². The number of hydrogen-bond donors (Lipinski definition) is 1. The van der Waals surface area contributed by atoms with Gasteiger partial charge in [-0.05, 0) is 62.1 Å². The lowest BCUT2D eigenvalue weighted by atomic mass is 9.97. The van der Waals surface area contributed by atoms with Crippen LogP contribution in [0.3, 0.4) is 0 Å². The number of nitrogens with zero attached hydrogens (tertiary/aromatic N) is 2. The van der Waals surface area contributed by atoms with E-state index in [9.17, 15) is 0 Å². The number of thioether (sulfide) groups is 1. The van der Waals surface area contributed by atoms with E-state index in [4.69, 9.17) is 21.6 Å². The van der Waals surface area contributed by atoms with E-state index in [1.807, 2.05) is 35.8 Å². The molecule has 2 aromatic heterocycles. The van der Waals surface area contributed by atoms with Gasteiger partial charge < -0.3 is 5.32 Å². The summed E-state index contributed by atoms with van der Waals surface area (Å²) in [6, 6.07) is 5.90. The third-order valence-corrected chi connectivity index (χ3v) is 6.40. The molecule has 0 radical (unpaired) electrons. The average Bonchev–Trinajstić information content (AvgIpc) is 2.96. The fourth-order valence-electron chi connectivity index (χ4n) is 3.18. The maximum Gasteiger partial charge on any atom is 0.190 e. The fourth-order valence-corrected chi connectivity index (χ4v) is 5.03. The Kier molecular flexibility index (Phi) is 4.41. The van der Waals surface area contributed by atoms with Crippen LogP contribution in [0.25, 0.3) is 10.2 Å². The largest absolute Gasteiger partial charge is 0.339 e. The van der Waals surface area contributed by atoms with E-state index in [0.29, 0.717) is 0 Å². The lowest BCUT2D eigenvalue weighted by Crippen LogP contribution is -2.02. The summed E-state index contributed by atoms with van der Waals surface area (Å²) >= 11 is 9.59. The van der Waals surface area contributed by atoms with Gasteiger partial charge in [0.05, 0.1) is 5.39 Å². The summed E-state index contributed by atoms with van der Waals surface area (Å²) in [5, 5.41) is 6.26. The van der Waals surface area contributed by atoms with Gasteiger partial charge in [0.1, 0.15) is 10.6 Å². The molecule has 6 heteroatoms. The minimum atomic E-state index is 0.728. The van der Waals surface area contributed by atoms with E-state index in [1.165, 1.54) is 35.1 Å². The molecule has 0 fully saturated rings. The molecule has 124 valence electrons. The van der Waals surface area contributed by atoms with Crippen molar-refractivity contribution in [3.8, 4) is 0 Å². The molecule has 0 amide bonds. The summed E-state index contributed by atoms with van der Waals surface area (Å²) in [6.45, 7) is 2.08. The number of aryl methyl sites for hydroxylation is 3. The highest BCUT2D eigenvalue weighted by atomic mass is 35.5. The number of nitrogens with one attached hydrogen (secondary N) is 1. The number of hydrogen-bond acceptors (Lipinski definition) is 5. The average molecular weight is 376 g/mol. The van der Waals surface area contributed by atoms with Crippen molar-refractivity contribution in [2.24, 2.45) is 0 Å². The molecule has 1 aliphatic rings. The second-order valence-electron chi connectivity index (χ2n) is 6.03. The predicted octanol–water partition coefficient (Wildman–Crippen LogP) is 6.00. The van der Waals surface area contributed by atoms with Crippen molar-refractivity contribution in [3.63, 3.8) is 0 Å². The highest BCUT2D eigenvalue weighted by Crippen LogP contribution is 2.40. The molecule has 3 nitrogen and oxygen atoms in total. The summed E-state index contributed by atoms with van der Waals surface area (Å²) in [7, 11) is 0. The van der Waals surface area contributed by atoms with Crippen molar-refractivity contribution in [1.29, 1.82) is 0 Å². The van der Waals surface area contributed by atoms with Crippen LogP contribution in [0, 0.1) is 6.92 Å². The SMILES string of the molecule is CSc1nc(Nc2cc(Cl)ccc2C)c2c3c(sc2n1)CCCC3. The lowest BCUT2D eigenvalue weighted by molar-refractivity contribution is 0.700. The first-order valence-electron chi connectivity index (χ1n) is 8.05. The Balaban J connectivity index is 1.89. The summed E-state index contributed by atoms with van der Waals surface area (Å²) in [4.78, 5) is 12.1. The third kappa shape index (κ3) is 2.89. The van der Waals surface area contributed by atoms with Crippen molar-refractivity contribution >= 4 is 56.4 Å². The molecule has 24 heavy (non-hydrogen) atoms. The van der Waals surface area contributed by atoms with Gasteiger partial charge >= 0.3 is 0 Å². The molecule has 0 saturated carbocycles. The Morgan fingerprint density at radius 1 is 1.21 bits per heavy atom. The standard InChI is InChI=1S/C18H18ClN3S2/c1-10-7-8-11(19)9-13(10)20-16-15-12-5-3-4-6-14(12)24-17(15)22-18(21-16)23-2/h7-9H,3-6H2,1-2H3,(H,20,21,22). The van der Waals surface area contributed by atoms with Crippen molar-refractivity contribution in [3.05, 3.63) is 39.2 Å². The minimum absolute atomic E-state index is 0.728. The molecule has 0 bridgehead atoms. The van der Waals surface area contributed by atoms with E-state index in [1.54, 1.807) is 11.8 Å². The molecule has 3 aromatic rings. The molecule has 1 aromatic carbocycles. The fraction of sp³-hybridized carbons (Fsp3) is 0.333. The molecule has 1 N–H and O–H groups in total. The smallest absolute Gasteiger partial charge is 0.190 e. The van der Waals surface area contributed by atoms with Gasteiger partial charge in [0.2, 0.25) is 0 Å². The van der Waals surface area contributed by atoms with Crippen LogP contribution >= 0.6 is 34.7 Å². The normalized spacial score (nSPS) is 14.0. The maximum atomic E-state index is 6.18. The number of halogens is 1. The molecule has 0 spiro atoms. The Bertz CT molecular complexity index is 920. The third-order valence-electron chi connectivity index (χ3n) is 4.43. The Hall–Kier alpha value is -1.30. The second-order valence-corrected chi connectivity index (χ2v) is 8.33. The van der Waals surface area contributed by atoms with Crippen LogP contribution in [0.4, 0.5) is 11.5 Å². The summed E-state index contributed by atoms with van der Waals surface area (Å²) in [6.07, 6.45) is 6.84. The zero-order chi connectivity index (χ0) is 16.7. The number of benzene rings is 1. The summed E-state index contributed by atoms with van der Waals surface area (Å²) < 4.78 is 0. The van der Waals surface area contributed by atoms with Crippen molar-refractivity contribution in [1.82, 2.24) is 9.97 Å². The molecule has 0 saturated heterocycles. The molecule has 1 aliphatic carbocycles. The van der Waals surface area contributed by atoms with Crippen LogP contribution in [0.5, 0.6) is 0 Å². The molecular formula is C18H18ClN3S2. The van der Waals surface area contributed by atoms with E-state index < -0.39 is 0 Å². The first-order chi connectivity index (χ1) is 11.7. The van der Waals surface area contributed by atoms with Gasteiger partial charge in [0.25, 0.3) is 0 Å². The van der Waals surface area contributed by atoms with Crippen molar-refractivity contribution in [2.75, 3.05) is 11.6 Å². The topological polar surface area (TPSA) is 37.8 Å². The maximum absolute atomic E-state index is 6.18. The Morgan fingerprint density at radius 3 is 2.88 bits per heavy atom. The number of thiophene rings is 1. The van der Waals surface area contributed by atoms with Crippen LogP contribution in [-0.4, -0.2) is 16.2 Å². The summed E-state index contributed by atoms with van der Waals surface area (Å²) in [5.74, 6) is 0.911.